The van der Waals surface area contributed by atoms with Crippen LogP contribution in [0.3, 0.4) is 0 Å². The van der Waals surface area contributed by atoms with Gasteiger partial charge in [0.05, 0.1) is 6.26 Å². The summed E-state index contributed by atoms with van der Waals surface area (Å²) in [7, 11) is 0. The van der Waals surface area contributed by atoms with Crippen LogP contribution in [0, 0.1) is 6.92 Å². The van der Waals surface area contributed by atoms with Crippen molar-refractivity contribution < 1.29 is 4.42 Å². The first kappa shape index (κ1) is 8.36. The van der Waals surface area contributed by atoms with Crippen molar-refractivity contribution in [2.75, 3.05) is 0 Å². The van der Waals surface area contributed by atoms with Crippen LogP contribution in [-0.4, -0.2) is 4.40 Å². The second-order valence-corrected chi connectivity index (χ2v) is 3.62. The highest BCUT2D eigenvalue weighted by molar-refractivity contribution is 5.70. The first-order chi connectivity index (χ1) is 7.36. The van der Waals surface area contributed by atoms with E-state index in [1.165, 1.54) is 11.2 Å². The van der Waals surface area contributed by atoms with Crippen LogP contribution in [0.15, 0.2) is 53.3 Å². The highest BCUT2D eigenvalue weighted by atomic mass is 16.3. The molecule has 2 nitrogen and oxygen atoms in total. The monoisotopic (exact) mass is 197 g/mol. The van der Waals surface area contributed by atoms with Gasteiger partial charge in [-0.25, -0.2) is 0 Å². The van der Waals surface area contributed by atoms with Gasteiger partial charge in [-0.05, 0) is 37.3 Å². The van der Waals surface area contributed by atoms with Gasteiger partial charge in [0.15, 0.2) is 0 Å². The summed E-state index contributed by atoms with van der Waals surface area (Å²) in [5.41, 5.74) is 3.56. The third-order valence-electron chi connectivity index (χ3n) is 2.72. The van der Waals surface area contributed by atoms with Crippen molar-refractivity contribution in [3.8, 4) is 11.3 Å². The maximum absolute atomic E-state index is 5.42. The largest absolute Gasteiger partial charge is 0.464 e. The molecule has 0 saturated heterocycles. The Balaban J connectivity index is 2.33. The highest BCUT2D eigenvalue weighted by Gasteiger charge is 2.09. The third kappa shape index (κ3) is 1.18. The van der Waals surface area contributed by atoms with Gasteiger partial charge < -0.3 is 8.82 Å². The van der Waals surface area contributed by atoms with Gasteiger partial charge in [0.1, 0.15) is 5.76 Å². The summed E-state index contributed by atoms with van der Waals surface area (Å²) in [6.45, 7) is 2.10. The van der Waals surface area contributed by atoms with Gasteiger partial charge in [-0.15, -0.1) is 0 Å². The number of rotatable bonds is 1. The predicted octanol–water partition coefficient (Wildman–Crippen LogP) is 3.51. The van der Waals surface area contributed by atoms with Gasteiger partial charge in [-0.2, -0.15) is 0 Å². The quantitative estimate of drug-likeness (QED) is 0.583. The summed E-state index contributed by atoms with van der Waals surface area (Å²) in [6, 6.07) is 12.2. The SMILES string of the molecule is Cc1c(-c2ccco2)cc2ccccn12. The molecule has 0 fully saturated rings. The molecule has 0 atom stereocenters. The summed E-state index contributed by atoms with van der Waals surface area (Å²) < 4.78 is 7.58. The number of nitrogens with zero attached hydrogens (tertiary/aromatic N) is 1. The Morgan fingerprint density at radius 3 is 2.80 bits per heavy atom. The third-order valence-corrected chi connectivity index (χ3v) is 2.72. The van der Waals surface area contributed by atoms with Crippen LogP contribution in [0.2, 0.25) is 0 Å². The number of pyridine rings is 1. The molecule has 0 bridgehead atoms. The molecule has 0 aliphatic rings. The van der Waals surface area contributed by atoms with Crippen LogP contribution in [0.5, 0.6) is 0 Å². The molecule has 0 aromatic carbocycles. The Bertz CT molecular complexity index is 590. The smallest absolute Gasteiger partial charge is 0.135 e. The lowest BCUT2D eigenvalue weighted by Gasteiger charge is -1.97. The molecule has 0 aliphatic heterocycles. The van der Waals surface area contributed by atoms with Crippen molar-refractivity contribution in [3.05, 3.63) is 54.6 Å². The topological polar surface area (TPSA) is 17.6 Å². The fraction of sp³-hybridized carbons (Fsp3) is 0.0769. The van der Waals surface area contributed by atoms with E-state index in [9.17, 15) is 0 Å². The van der Waals surface area contributed by atoms with Gasteiger partial charge in [-0.3, -0.25) is 0 Å². The molecule has 3 heterocycles. The predicted molar refractivity (Wildman–Crippen MR) is 59.8 cm³/mol. The molecular formula is C13H11NO. The second-order valence-electron chi connectivity index (χ2n) is 3.62. The molecule has 0 N–H and O–H groups in total. The molecule has 0 spiro atoms. The number of hydrogen-bond donors (Lipinski definition) is 0. The number of furan rings is 1. The normalized spacial score (nSPS) is 11.0. The van der Waals surface area contributed by atoms with Crippen molar-refractivity contribution in [1.29, 1.82) is 0 Å². The average molecular weight is 197 g/mol. The zero-order valence-corrected chi connectivity index (χ0v) is 8.47. The van der Waals surface area contributed by atoms with Gasteiger partial charge in [-0.1, -0.05) is 6.07 Å². The Labute approximate surface area is 87.8 Å². The Hall–Kier alpha value is -1.96. The van der Waals surface area contributed by atoms with Gasteiger partial charge in [0, 0.05) is 23.0 Å². The number of aryl methyl sites for hydroxylation is 1. The van der Waals surface area contributed by atoms with Crippen molar-refractivity contribution in [1.82, 2.24) is 4.40 Å². The van der Waals surface area contributed by atoms with Crippen LogP contribution in [0.4, 0.5) is 0 Å². The van der Waals surface area contributed by atoms with Crippen LogP contribution in [0.1, 0.15) is 5.69 Å². The van der Waals surface area contributed by atoms with Crippen LogP contribution in [-0.2, 0) is 0 Å². The van der Waals surface area contributed by atoms with E-state index < -0.39 is 0 Å². The highest BCUT2D eigenvalue weighted by Crippen LogP contribution is 2.27. The molecule has 3 aromatic heterocycles. The van der Waals surface area contributed by atoms with Gasteiger partial charge in [0.2, 0.25) is 0 Å². The lowest BCUT2D eigenvalue weighted by atomic mass is 10.2. The first-order valence-corrected chi connectivity index (χ1v) is 4.97. The van der Waals surface area contributed by atoms with Crippen LogP contribution < -0.4 is 0 Å². The molecule has 0 amide bonds. The summed E-state index contributed by atoms with van der Waals surface area (Å²) in [6.07, 6.45) is 3.77. The fourth-order valence-electron chi connectivity index (χ4n) is 1.94. The minimum absolute atomic E-state index is 0.927. The minimum Gasteiger partial charge on any atom is -0.464 e. The maximum Gasteiger partial charge on any atom is 0.135 e. The van der Waals surface area contributed by atoms with Crippen molar-refractivity contribution in [2.45, 2.75) is 6.92 Å². The summed E-state index contributed by atoms with van der Waals surface area (Å²) >= 11 is 0. The number of hydrogen-bond acceptors (Lipinski definition) is 1. The maximum atomic E-state index is 5.42. The van der Waals surface area contributed by atoms with Crippen molar-refractivity contribution in [2.24, 2.45) is 0 Å². The number of aromatic nitrogens is 1. The molecule has 0 radical (unpaired) electrons. The Morgan fingerprint density at radius 2 is 2.07 bits per heavy atom. The van der Waals surface area contributed by atoms with E-state index in [0.717, 1.165) is 11.3 Å². The van der Waals surface area contributed by atoms with Crippen LogP contribution >= 0.6 is 0 Å². The fourth-order valence-corrected chi connectivity index (χ4v) is 1.94. The molecule has 3 rings (SSSR count). The van der Waals surface area contributed by atoms with E-state index >= 15 is 0 Å². The molecule has 74 valence electrons. The summed E-state index contributed by atoms with van der Waals surface area (Å²) in [4.78, 5) is 0. The van der Waals surface area contributed by atoms with E-state index in [2.05, 4.69) is 29.7 Å². The molecule has 2 heteroatoms. The van der Waals surface area contributed by atoms with E-state index in [-0.39, 0.29) is 0 Å². The standard InChI is InChI=1S/C13H11NO/c1-10-12(13-6-4-8-15-13)9-11-5-2-3-7-14(10)11/h2-9H,1H3. The molecule has 0 unspecified atom stereocenters. The lowest BCUT2D eigenvalue weighted by Crippen LogP contribution is -1.85. The molecule has 0 aliphatic carbocycles. The van der Waals surface area contributed by atoms with Crippen molar-refractivity contribution in [3.63, 3.8) is 0 Å². The van der Waals surface area contributed by atoms with Gasteiger partial charge >= 0.3 is 0 Å². The Kier molecular flexibility index (Phi) is 1.68. The van der Waals surface area contributed by atoms with Gasteiger partial charge in [0.25, 0.3) is 0 Å². The molecular weight excluding hydrogens is 186 g/mol. The number of fused-ring (bicyclic) bond motifs is 1. The average Bonchev–Trinajstić information content (AvgIpc) is 2.87. The van der Waals surface area contributed by atoms with E-state index in [1.807, 2.05) is 24.3 Å². The Morgan fingerprint density at radius 1 is 1.13 bits per heavy atom. The van der Waals surface area contributed by atoms with Crippen molar-refractivity contribution >= 4 is 5.52 Å². The van der Waals surface area contributed by atoms with Crippen LogP contribution in [0.25, 0.3) is 16.8 Å². The second kappa shape index (κ2) is 3.02. The molecule has 3 aromatic rings. The van der Waals surface area contributed by atoms with E-state index in [1.54, 1.807) is 6.26 Å². The zero-order valence-electron chi connectivity index (χ0n) is 8.47. The minimum atomic E-state index is 0.927. The van der Waals surface area contributed by atoms with E-state index in [0.29, 0.717) is 0 Å². The zero-order chi connectivity index (χ0) is 10.3. The first-order valence-electron chi connectivity index (χ1n) is 4.97. The molecule has 15 heavy (non-hydrogen) atoms. The summed E-state index contributed by atoms with van der Waals surface area (Å²) in [5, 5.41) is 0. The summed E-state index contributed by atoms with van der Waals surface area (Å²) in [5.74, 6) is 0.927. The molecule has 0 saturated carbocycles. The van der Waals surface area contributed by atoms with E-state index in [4.69, 9.17) is 4.42 Å². The lowest BCUT2D eigenvalue weighted by molar-refractivity contribution is 0.582.